The molecule has 1 spiro atoms. The zero-order valence-corrected chi connectivity index (χ0v) is 13.9. The van der Waals surface area contributed by atoms with E-state index in [2.05, 4.69) is 17.6 Å². The van der Waals surface area contributed by atoms with E-state index in [0.717, 1.165) is 43.6 Å². The van der Waals surface area contributed by atoms with Crippen molar-refractivity contribution in [1.82, 2.24) is 15.5 Å². The Morgan fingerprint density at radius 1 is 1.26 bits per heavy atom. The van der Waals surface area contributed by atoms with Crippen LogP contribution in [0.3, 0.4) is 0 Å². The van der Waals surface area contributed by atoms with Crippen molar-refractivity contribution < 1.29 is 19.1 Å². The summed E-state index contributed by atoms with van der Waals surface area (Å²) in [7, 11) is 0. The van der Waals surface area contributed by atoms with Gasteiger partial charge in [0.1, 0.15) is 12.1 Å². The first-order valence-electron chi connectivity index (χ1n) is 8.57. The number of ether oxygens (including phenoxy) is 1. The van der Waals surface area contributed by atoms with Gasteiger partial charge >= 0.3 is 6.03 Å². The predicted molar refractivity (Wildman–Crippen MR) is 84.8 cm³/mol. The molecule has 130 valence electrons. The largest absolute Gasteiger partial charge is 0.381 e. The first-order valence-corrected chi connectivity index (χ1v) is 8.57. The van der Waals surface area contributed by atoms with Crippen LogP contribution in [0.1, 0.15) is 51.9 Å². The van der Waals surface area contributed by atoms with Crippen LogP contribution in [0.5, 0.6) is 0 Å². The van der Waals surface area contributed by atoms with Gasteiger partial charge in [-0.1, -0.05) is 26.2 Å². The molecule has 0 radical (unpaired) electrons. The molecule has 0 aromatic rings. The molecule has 2 fully saturated rings. The number of carbonyl (C=O) groups is 3. The summed E-state index contributed by atoms with van der Waals surface area (Å²) in [5.41, 5.74) is -0.746. The number of carbonyl (C=O) groups excluding carboxylic acids is 3. The van der Waals surface area contributed by atoms with Crippen molar-refractivity contribution in [2.24, 2.45) is 0 Å². The molecule has 2 N–H and O–H groups in total. The number of urea groups is 1. The Hall–Kier alpha value is -1.63. The predicted octanol–water partition coefficient (Wildman–Crippen LogP) is 1.17. The molecule has 0 bridgehead atoms. The van der Waals surface area contributed by atoms with Gasteiger partial charge < -0.3 is 15.4 Å². The monoisotopic (exact) mass is 325 g/mol. The van der Waals surface area contributed by atoms with Crippen LogP contribution in [-0.4, -0.2) is 54.6 Å². The van der Waals surface area contributed by atoms with Crippen LogP contribution in [0, 0.1) is 0 Å². The van der Waals surface area contributed by atoms with Gasteiger partial charge in [0.05, 0.1) is 0 Å². The van der Waals surface area contributed by atoms with Crippen LogP contribution >= 0.6 is 0 Å². The molecule has 1 saturated heterocycles. The van der Waals surface area contributed by atoms with Gasteiger partial charge in [0.25, 0.3) is 5.91 Å². The maximum Gasteiger partial charge on any atom is 0.325 e. The van der Waals surface area contributed by atoms with Crippen molar-refractivity contribution in [1.29, 1.82) is 0 Å². The highest BCUT2D eigenvalue weighted by molar-refractivity contribution is 6.09. The first kappa shape index (κ1) is 17.7. The van der Waals surface area contributed by atoms with Crippen molar-refractivity contribution >= 4 is 17.8 Å². The molecule has 1 aliphatic carbocycles. The molecule has 23 heavy (non-hydrogen) atoms. The summed E-state index contributed by atoms with van der Waals surface area (Å²) in [6, 6.07) is -0.449. The minimum Gasteiger partial charge on any atom is -0.381 e. The van der Waals surface area contributed by atoms with E-state index in [-0.39, 0.29) is 18.4 Å². The minimum atomic E-state index is -0.746. The van der Waals surface area contributed by atoms with Gasteiger partial charge in [-0.3, -0.25) is 14.5 Å². The lowest BCUT2D eigenvalue weighted by Crippen LogP contribution is -2.45. The Morgan fingerprint density at radius 3 is 2.65 bits per heavy atom. The molecule has 2 rings (SSSR count). The Morgan fingerprint density at radius 2 is 1.96 bits per heavy atom. The summed E-state index contributed by atoms with van der Waals surface area (Å²) >= 11 is 0. The molecule has 1 heterocycles. The van der Waals surface area contributed by atoms with Crippen LogP contribution in [0.15, 0.2) is 0 Å². The first-order chi connectivity index (χ1) is 11.1. The van der Waals surface area contributed by atoms with Crippen molar-refractivity contribution in [2.45, 2.75) is 57.4 Å². The number of unbranched alkanes of at least 4 members (excludes halogenated alkanes) is 1. The van der Waals surface area contributed by atoms with Gasteiger partial charge in [0.15, 0.2) is 0 Å². The highest BCUT2D eigenvalue weighted by Crippen LogP contribution is 2.34. The Labute approximate surface area is 137 Å². The maximum atomic E-state index is 12.4. The molecule has 2 aliphatic rings. The van der Waals surface area contributed by atoms with Crippen LogP contribution < -0.4 is 10.6 Å². The van der Waals surface area contributed by atoms with Crippen LogP contribution in [0.2, 0.25) is 0 Å². The van der Waals surface area contributed by atoms with Crippen LogP contribution in [0.4, 0.5) is 4.79 Å². The molecule has 7 heteroatoms. The number of hydrogen-bond donors (Lipinski definition) is 2. The second-order valence-electron chi connectivity index (χ2n) is 6.28. The molecule has 0 aromatic heterocycles. The number of amides is 4. The van der Waals surface area contributed by atoms with Gasteiger partial charge in [0.2, 0.25) is 5.91 Å². The van der Waals surface area contributed by atoms with Crippen molar-refractivity contribution in [3.63, 3.8) is 0 Å². The molecular formula is C16H27N3O4. The summed E-state index contributed by atoms with van der Waals surface area (Å²) in [4.78, 5) is 37.3. The normalized spacial score (nSPS) is 19.4. The standard InChI is InChI=1S/C16H27N3O4/c1-2-3-10-23-11-6-9-17-13(20)12-19-14(21)16(18-15(19)22)7-4-5-8-16/h2-12H2,1H3,(H,17,20)(H,18,22). The molecular weight excluding hydrogens is 298 g/mol. The van der Waals surface area contributed by atoms with Gasteiger partial charge in [-0.15, -0.1) is 0 Å². The van der Waals surface area contributed by atoms with E-state index in [4.69, 9.17) is 4.74 Å². The maximum absolute atomic E-state index is 12.4. The number of nitrogens with zero attached hydrogens (tertiary/aromatic N) is 1. The van der Waals surface area contributed by atoms with E-state index in [1.165, 1.54) is 0 Å². The summed E-state index contributed by atoms with van der Waals surface area (Å²) in [6.07, 6.45) is 6.08. The Bertz CT molecular complexity index is 447. The van der Waals surface area contributed by atoms with Crippen molar-refractivity contribution in [3.05, 3.63) is 0 Å². The van der Waals surface area contributed by atoms with E-state index in [1.807, 2.05) is 0 Å². The van der Waals surface area contributed by atoms with Crippen molar-refractivity contribution in [3.8, 4) is 0 Å². The van der Waals surface area contributed by atoms with E-state index in [0.29, 0.717) is 26.0 Å². The number of nitrogens with one attached hydrogen (secondary N) is 2. The van der Waals surface area contributed by atoms with E-state index >= 15 is 0 Å². The third kappa shape index (κ3) is 4.43. The molecule has 7 nitrogen and oxygen atoms in total. The van der Waals surface area contributed by atoms with Gasteiger partial charge in [0, 0.05) is 19.8 Å². The van der Waals surface area contributed by atoms with E-state index in [9.17, 15) is 14.4 Å². The SMILES string of the molecule is CCCCOCCCNC(=O)CN1C(=O)NC2(CCCC2)C1=O. The van der Waals surface area contributed by atoms with Crippen LogP contribution in [-0.2, 0) is 14.3 Å². The molecule has 1 aliphatic heterocycles. The van der Waals surface area contributed by atoms with Crippen molar-refractivity contribution in [2.75, 3.05) is 26.3 Å². The van der Waals surface area contributed by atoms with Gasteiger partial charge in [-0.25, -0.2) is 4.79 Å². The number of rotatable bonds is 9. The second-order valence-corrected chi connectivity index (χ2v) is 6.28. The fourth-order valence-electron chi connectivity index (χ4n) is 3.09. The molecule has 4 amide bonds. The molecule has 0 atom stereocenters. The fraction of sp³-hybridized carbons (Fsp3) is 0.812. The van der Waals surface area contributed by atoms with E-state index < -0.39 is 11.6 Å². The number of imide groups is 1. The third-order valence-corrected chi connectivity index (χ3v) is 4.43. The summed E-state index contributed by atoms with van der Waals surface area (Å²) in [5, 5.41) is 5.50. The lowest BCUT2D eigenvalue weighted by Gasteiger charge is -2.19. The summed E-state index contributed by atoms with van der Waals surface area (Å²) in [5.74, 6) is -0.560. The third-order valence-electron chi connectivity index (χ3n) is 4.43. The highest BCUT2D eigenvalue weighted by atomic mass is 16.5. The Balaban J connectivity index is 1.67. The zero-order chi connectivity index (χ0) is 16.7. The highest BCUT2D eigenvalue weighted by Gasteiger charge is 2.52. The smallest absolute Gasteiger partial charge is 0.325 e. The average molecular weight is 325 g/mol. The zero-order valence-electron chi connectivity index (χ0n) is 13.9. The summed E-state index contributed by atoms with van der Waals surface area (Å²) < 4.78 is 5.41. The van der Waals surface area contributed by atoms with Gasteiger partial charge in [-0.2, -0.15) is 0 Å². The van der Waals surface area contributed by atoms with Gasteiger partial charge in [-0.05, 0) is 25.7 Å². The Kier molecular flexibility index (Phi) is 6.38. The van der Waals surface area contributed by atoms with Crippen LogP contribution in [0.25, 0.3) is 0 Å². The lowest BCUT2D eigenvalue weighted by molar-refractivity contribution is -0.134. The second kappa shape index (κ2) is 8.29. The quantitative estimate of drug-likeness (QED) is 0.492. The fourth-order valence-corrected chi connectivity index (χ4v) is 3.09. The topological polar surface area (TPSA) is 87.7 Å². The molecule has 1 saturated carbocycles. The molecule has 0 aromatic carbocycles. The minimum absolute atomic E-state index is 0.205. The average Bonchev–Trinajstić information content (AvgIpc) is 3.08. The number of hydrogen-bond acceptors (Lipinski definition) is 4. The van der Waals surface area contributed by atoms with E-state index in [1.54, 1.807) is 0 Å². The lowest BCUT2D eigenvalue weighted by atomic mass is 9.98. The molecule has 0 unspecified atom stereocenters. The summed E-state index contributed by atoms with van der Waals surface area (Å²) in [6.45, 7) is 3.74.